The summed E-state index contributed by atoms with van der Waals surface area (Å²) in [5.41, 5.74) is 0.557. The number of para-hydroxylation sites is 1. The van der Waals surface area contributed by atoms with Gasteiger partial charge in [-0.1, -0.05) is 18.2 Å². The van der Waals surface area contributed by atoms with Crippen LogP contribution in [0.2, 0.25) is 0 Å². The molecule has 21 heavy (non-hydrogen) atoms. The van der Waals surface area contributed by atoms with E-state index in [0.717, 1.165) is 16.4 Å². The summed E-state index contributed by atoms with van der Waals surface area (Å²) in [6.45, 7) is 1.30. The molecule has 0 saturated carbocycles. The Balaban J connectivity index is 2.54. The fourth-order valence-corrected chi connectivity index (χ4v) is 3.13. The van der Waals surface area contributed by atoms with E-state index in [4.69, 9.17) is 0 Å². The van der Waals surface area contributed by atoms with E-state index in [0.29, 0.717) is 5.69 Å². The minimum atomic E-state index is -4.07. The Morgan fingerprint density at radius 1 is 1.10 bits per heavy atom. The summed E-state index contributed by atoms with van der Waals surface area (Å²) < 4.78 is 39.9. The van der Waals surface area contributed by atoms with Crippen molar-refractivity contribution in [1.82, 2.24) is 0 Å². The normalized spacial score (nSPS) is 11.2. The largest absolute Gasteiger partial charge is 0.295 e. The Hall–Kier alpha value is -2.21. The van der Waals surface area contributed by atoms with Gasteiger partial charge < -0.3 is 0 Å². The van der Waals surface area contributed by atoms with Crippen molar-refractivity contribution < 1.29 is 17.6 Å². The van der Waals surface area contributed by atoms with Gasteiger partial charge in [0.15, 0.2) is 5.78 Å². The lowest BCUT2D eigenvalue weighted by Crippen LogP contribution is -2.27. The van der Waals surface area contributed by atoms with Gasteiger partial charge in [0.1, 0.15) is 10.7 Å². The molecule has 0 bridgehead atoms. The summed E-state index contributed by atoms with van der Waals surface area (Å²) in [5, 5.41) is 0. The van der Waals surface area contributed by atoms with Crippen molar-refractivity contribution in [3.05, 3.63) is 59.9 Å². The molecule has 0 aliphatic rings. The van der Waals surface area contributed by atoms with Crippen LogP contribution in [0, 0.1) is 5.82 Å². The number of carbonyl (C=O) groups excluding carboxylic acids is 1. The molecule has 0 heterocycles. The first-order chi connectivity index (χ1) is 9.84. The minimum absolute atomic E-state index is 0.149. The predicted octanol–water partition coefficient (Wildman–Crippen LogP) is 2.85. The lowest BCUT2D eigenvalue weighted by Gasteiger charge is -2.20. The van der Waals surface area contributed by atoms with Crippen molar-refractivity contribution in [2.45, 2.75) is 11.8 Å². The Kier molecular flexibility index (Phi) is 4.09. The number of hydrogen-bond donors (Lipinski definition) is 0. The van der Waals surface area contributed by atoms with Crippen molar-refractivity contribution in [2.24, 2.45) is 0 Å². The van der Waals surface area contributed by atoms with E-state index >= 15 is 0 Å². The van der Waals surface area contributed by atoms with Gasteiger partial charge >= 0.3 is 0 Å². The van der Waals surface area contributed by atoms with Crippen LogP contribution < -0.4 is 4.31 Å². The Bertz CT molecular complexity index is 773. The Labute approximate surface area is 122 Å². The van der Waals surface area contributed by atoms with Crippen LogP contribution in [-0.2, 0) is 10.0 Å². The van der Waals surface area contributed by atoms with Crippen molar-refractivity contribution in [3.8, 4) is 0 Å². The van der Waals surface area contributed by atoms with E-state index in [-0.39, 0.29) is 11.3 Å². The quantitative estimate of drug-likeness (QED) is 0.816. The van der Waals surface area contributed by atoms with Crippen LogP contribution in [0.4, 0.5) is 10.1 Å². The molecule has 2 aromatic rings. The van der Waals surface area contributed by atoms with Gasteiger partial charge in [0.2, 0.25) is 0 Å². The van der Waals surface area contributed by atoms with Crippen molar-refractivity contribution >= 4 is 21.5 Å². The number of Topliss-reactive ketones (excluding diaryl/α,β-unsaturated/α-hetero) is 1. The molecular weight excluding hydrogens is 293 g/mol. The molecule has 0 unspecified atom stereocenters. The van der Waals surface area contributed by atoms with Crippen LogP contribution in [0.3, 0.4) is 0 Å². The third-order valence-corrected chi connectivity index (χ3v) is 4.90. The van der Waals surface area contributed by atoms with Gasteiger partial charge in [0.25, 0.3) is 10.0 Å². The summed E-state index contributed by atoms with van der Waals surface area (Å²) >= 11 is 0. The number of anilines is 1. The highest BCUT2D eigenvalue weighted by molar-refractivity contribution is 7.92. The van der Waals surface area contributed by atoms with Crippen molar-refractivity contribution in [2.75, 3.05) is 11.4 Å². The van der Waals surface area contributed by atoms with E-state index in [9.17, 15) is 17.6 Å². The molecule has 0 fully saturated rings. The van der Waals surface area contributed by atoms with Crippen LogP contribution in [0.25, 0.3) is 0 Å². The van der Waals surface area contributed by atoms with E-state index in [2.05, 4.69) is 0 Å². The fraction of sp³-hybridized carbons (Fsp3) is 0.133. The molecule has 0 radical (unpaired) electrons. The van der Waals surface area contributed by atoms with E-state index in [1.165, 1.54) is 20.0 Å². The van der Waals surface area contributed by atoms with Gasteiger partial charge in [-0.05, 0) is 37.3 Å². The lowest BCUT2D eigenvalue weighted by molar-refractivity contribution is 0.101. The van der Waals surface area contributed by atoms with Gasteiger partial charge in [-0.15, -0.1) is 0 Å². The molecular formula is C15H14FNO3S. The summed E-state index contributed by atoms with van der Waals surface area (Å²) in [6.07, 6.45) is 0. The van der Waals surface area contributed by atoms with E-state index < -0.39 is 20.7 Å². The Morgan fingerprint density at radius 3 is 2.29 bits per heavy atom. The minimum Gasteiger partial charge on any atom is -0.295 e. The van der Waals surface area contributed by atoms with Gasteiger partial charge in [-0.2, -0.15) is 0 Å². The number of ketones is 1. The first-order valence-electron chi connectivity index (χ1n) is 6.18. The van der Waals surface area contributed by atoms with Gasteiger partial charge in [0, 0.05) is 12.6 Å². The highest BCUT2D eigenvalue weighted by atomic mass is 32.2. The second kappa shape index (κ2) is 5.65. The number of carbonyl (C=O) groups is 1. The molecule has 0 N–H and O–H groups in total. The van der Waals surface area contributed by atoms with Gasteiger partial charge in [-0.3, -0.25) is 9.10 Å². The second-order valence-corrected chi connectivity index (χ2v) is 6.45. The van der Waals surface area contributed by atoms with Crippen LogP contribution in [-0.4, -0.2) is 21.2 Å². The maximum Gasteiger partial charge on any atom is 0.267 e. The standard InChI is InChI=1S/C15H14FNO3S/c1-11(18)12-8-9-14(16)15(10-12)21(19,20)17(2)13-6-4-3-5-7-13/h3-10H,1-2H3. The monoisotopic (exact) mass is 307 g/mol. The Morgan fingerprint density at radius 2 is 1.71 bits per heavy atom. The molecule has 4 nitrogen and oxygen atoms in total. The van der Waals surface area contributed by atoms with Crippen LogP contribution in [0.15, 0.2) is 53.4 Å². The van der Waals surface area contributed by atoms with Crippen molar-refractivity contribution in [1.29, 1.82) is 0 Å². The summed E-state index contributed by atoms with van der Waals surface area (Å²) in [5.74, 6) is -1.21. The zero-order valence-corrected chi connectivity index (χ0v) is 12.4. The van der Waals surface area contributed by atoms with E-state index in [1.54, 1.807) is 30.3 Å². The molecule has 2 aromatic carbocycles. The third kappa shape index (κ3) is 2.95. The predicted molar refractivity (Wildman–Crippen MR) is 78.4 cm³/mol. The number of nitrogens with zero attached hydrogens (tertiary/aromatic N) is 1. The summed E-state index contributed by atoms with van der Waals surface area (Å²) in [4.78, 5) is 10.8. The zero-order chi connectivity index (χ0) is 15.6. The van der Waals surface area contributed by atoms with Crippen LogP contribution in [0.5, 0.6) is 0 Å². The third-order valence-electron chi connectivity index (χ3n) is 3.10. The topological polar surface area (TPSA) is 54.5 Å². The number of rotatable bonds is 4. The molecule has 0 spiro atoms. The first kappa shape index (κ1) is 15.2. The number of benzene rings is 2. The molecule has 0 aliphatic heterocycles. The molecule has 0 amide bonds. The average molecular weight is 307 g/mol. The SMILES string of the molecule is CC(=O)c1ccc(F)c(S(=O)(=O)N(C)c2ccccc2)c1. The smallest absolute Gasteiger partial charge is 0.267 e. The summed E-state index contributed by atoms with van der Waals surface area (Å²) in [6, 6.07) is 11.6. The lowest BCUT2D eigenvalue weighted by atomic mass is 10.1. The first-order valence-corrected chi connectivity index (χ1v) is 7.62. The fourth-order valence-electron chi connectivity index (χ4n) is 1.84. The molecule has 0 aromatic heterocycles. The molecule has 0 saturated heterocycles. The van der Waals surface area contributed by atoms with Crippen LogP contribution in [0.1, 0.15) is 17.3 Å². The van der Waals surface area contributed by atoms with Crippen LogP contribution >= 0.6 is 0 Å². The highest BCUT2D eigenvalue weighted by Crippen LogP contribution is 2.24. The number of sulfonamides is 1. The maximum atomic E-state index is 13.9. The zero-order valence-electron chi connectivity index (χ0n) is 11.6. The molecule has 2 rings (SSSR count). The van der Waals surface area contributed by atoms with Crippen molar-refractivity contribution in [3.63, 3.8) is 0 Å². The highest BCUT2D eigenvalue weighted by Gasteiger charge is 2.25. The van der Waals surface area contributed by atoms with Gasteiger partial charge in [-0.25, -0.2) is 12.8 Å². The average Bonchev–Trinajstić information content (AvgIpc) is 2.47. The molecule has 6 heteroatoms. The van der Waals surface area contributed by atoms with Gasteiger partial charge in [0.05, 0.1) is 5.69 Å². The number of hydrogen-bond acceptors (Lipinski definition) is 3. The molecule has 110 valence electrons. The molecule has 0 aliphatic carbocycles. The summed E-state index contributed by atoms with van der Waals surface area (Å²) in [7, 11) is -2.73. The van der Waals surface area contributed by atoms with E-state index in [1.807, 2.05) is 0 Å². The maximum absolute atomic E-state index is 13.9. The number of halogens is 1. The second-order valence-electron chi connectivity index (χ2n) is 4.51. The molecule has 0 atom stereocenters.